The number of aryl methyl sites for hydroxylation is 1. The molecule has 9 heteroatoms. The first-order valence-electron chi connectivity index (χ1n) is 9.11. The fraction of sp³-hybridized carbons (Fsp3) is 0.444. The van der Waals surface area contributed by atoms with Crippen LogP contribution in [0.1, 0.15) is 25.0 Å². The van der Waals surface area contributed by atoms with E-state index in [0.717, 1.165) is 60.0 Å². The van der Waals surface area contributed by atoms with E-state index < -0.39 is 0 Å². The standard InChI is InChI=1S/C18H22N8S/c1-12-11-15(25-24-12)22-17-16-14(5-10-27-16)21-18(23-17)20-13-3-8-26(9-4-13)7-2-6-19/h5,10-11,13H,2-4,7-9H2,1H3,(H3,20,21,22,23,24,25). The second-order valence-corrected chi connectivity index (χ2v) is 7.68. The highest BCUT2D eigenvalue weighted by Gasteiger charge is 2.20. The molecule has 27 heavy (non-hydrogen) atoms. The third kappa shape index (κ3) is 4.18. The van der Waals surface area contributed by atoms with Crippen LogP contribution in [0, 0.1) is 18.3 Å². The summed E-state index contributed by atoms with van der Waals surface area (Å²) >= 11 is 1.62. The molecule has 1 aliphatic rings. The van der Waals surface area contributed by atoms with Crippen molar-refractivity contribution in [2.75, 3.05) is 30.3 Å². The highest BCUT2D eigenvalue weighted by molar-refractivity contribution is 7.17. The van der Waals surface area contributed by atoms with Gasteiger partial charge in [0.25, 0.3) is 0 Å². The van der Waals surface area contributed by atoms with Crippen molar-refractivity contribution < 1.29 is 0 Å². The van der Waals surface area contributed by atoms with Gasteiger partial charge in [-0.1, -0.05) is 0 Å². The van der Waals surface area contributed by atoms with E-state index in [2.05, 4.69) is 36.8 Å². The Morgan fingerprint density at radius 3 is 2.96 bits per heavy atom. The maximum atomic E-state index is 8.73. The van der Waals surface area contributed by atoms with Gasteiger partial charge in [0, 0.05) is 43.9 Å². The molecule has 8 nitrogen and oxygen atoms in total. The van der Waals surface area contributed by atoms with Gasteiger partial charge in [-0.3, -0.25) is 5.10 Å². The Morgan fingerprint density at radius 2 is 2.22 bits per heavy atom. The number of fused-ring (bicyclic) bond motifs is 1. The fourth-order valence-corrected chi connectivity index (χ4v) is 4.08. The van der Waals surface area contributed by atoms with Crippen LogP contribution in [0.25, 0.3) is 10.2 Å². The minimum absolute atomic E-state index is 0.347. The van der Waals surface area contributed by atoms with Gasteiger partial charge in [0.1, 0.15) is 0 Å². The first kappa shape index (κ1) is 17.7. The zero-order chi connectivity index (χ0) is 18.6. The van der Waals surface area contributed by atoms with Crippen molar-refractivity contribution >= 4 is 39.1 Å². The Kier molecular flexibility index (Phi) is 5.18. The lowest BCUT2D eigenvalue weighted by Gasteiger charge is -2.31. The number of nitrogens with zero attached hydrogens (tertiary/aromatic N) is 5. The normalized spacial score (nSPS) is 15.7. The quantitative estimate of drug-likeness (QED) is 0.601. The van der Waals surface area contributed by atoms with Gasteiger partial charge in [-0.2, -0.15) is 15.3 Å². The lowest BCUT2D eigenvalue weighted by Crippen LogP contribution is -2.39. The lowest BCUT2D eigenvalue weighted by atomic mass is 10.1. The molecule has 0 aliphatic carbocycles. The molecule has 1 aliphatic heterocycles. The number of hydrogen-bond donors (Lipinski definition) is 3. The summed E-state index contributed by atoms with van der Waals surface area (Å²) in [5.41, 5.74) is 1.93. The second kappa shape index (κ2) is 7.90. The van der Waals surface area contributed by atoms with Gasteiger partial charge in [-0.25, -0.2) is 4.98 Å². The summed E-state index contributed by atoms with van der Waals surface area (Å²) in [6, 6.07) is 6.53. The monoisotopic (exact) mass is 382 g/mol. The molecule has 0 unspecified atom stereocenters. The maximum absolute atomic E-state index is 8.73. The average molecular weight is 382 g/mol. The highest BCUT2D eigenvalue weighted by Crippen LogP contribution is 2.29. The van der Waals surface area contributed by atoms with Gasteiger partial charge in [0.2, 0.25) is 5.95 Å². The van der Waals surface area contributed by atoms with Crippen LogP contribution in [0.4, 0.5) is 17.6 Å². The summed E-state index contributed by atoms with van der Waals surface area (Å²) in [6.45, 7) is 4.82. The van der Waals surface area contributed by atoms with Crippen molar-refractivity contribution in [2.24, 2.45) is 0 Å². The van der Waals surface area contributed by atoms with Crippen LogP contribution in [0.3, 0.4) is 0 Å². The molecule has 4 heterocycles. The largest absolute Gasteiger partial charge is 0.351 e. The molecular formula is C18H22N8S. The van der Waals surface area contributed by atoms with Crippen LogP contribution >= 0.6 is 11.3 Å². The van der Waals surface area contributed by atoms with Crippen LogP contribution in [-0.4, -0.2) is 50.7 Å². The minimum Gasteiger partial charge on any atom is -0.351 e. The first-order valence-corrected chi connectivity index (χ1v) is 9.99. The molecule has 0 bridgehead atoms. The molecule has 140 valence electrons. The van der Waals surface area contributed by atoms with Crippen molar-refractivity contribution in [3.63, 3.8) is 0 Å². The average Bonchev–Trinajstić information content (AvgIpc) is 3.30. The molecule has 0 aromatic carbocycles. The summed E-state index contributed by atoms with van der Waals surface area (Å²) in [6.07, 6.45) is 2.65. The van der Waals surface area contributed by atoms with Gasteiger partial charge in [0.05, 0.1) is 16.3 Å². The van der Waals surface area contributed by atoms with Crippen molar-refractivity contribution in [3.05, 3.63) is 23.2 Å². The summed E-state index contributed by atoms with van der Waals surface area (Å²) in [4.78, 5) is 11.7. The van der Waals surface area contributed by atoms with Crippen molar-refractivity contribution in [1.82, 2.24) is 25.1 Å². The van der Waals surface area contributed by atoms with Crippen molar-refractivity contribution in [2.45, 2.75) is 32.2 Å². The van der Waals surface area contributed by atoms with E-state index in [9.17, 15) is 0 Å². The Labute approximate surface area is 161 Å². The minimum atomic E-state index is 0.347. The zero-order valence-electron chi connectivity index (χ0n) is 15.2. The van der Waals surface area contributed by atoms with Crippen LogP contribution < -0.4 is 10.6 Å². The number of rotatable bonds is 6. The van der Waals surface area contributed by atoms with E-state index in [-0.39, 0.29) is 0 Å². The summed E-state index contributed by atoms with van der Waals surface area (Å²) in [7, 11) is 0. The molecular weight excluding hydrogens is 360 g/mol. The van der Waals surface area contributed by atoms with E-state index in [1.807, 2.05) is 24.4 Å². The predicted molar refractivity (Wildman–Crippen MR) is 107 cm³/mol. The number of thiophene rings is 1. The Morgan fingerprint density at radius 1 is 1.37 bits per heavy atom. The SMILES string of the molecule is Cc1cc(Nc2nc(NC3CCN(CCC#N)CC3)nc3ccsc23)n[nH]1. The first-order chi connectivity index (χ1) is 13.2. The number of piperidine rings is 1. The van der Waals surface area contributed by atoms with Crippen LogP contribution in [-0.2, 0) is 0 Å². The van der Waals surface area contributed by atoms with Gasteiger partial charge in [-0.15, -0.1) is 11.3 Å². The van der Waals surface area contributed by atoms with Gasteiger partial charge >= 0.3 is 0 Å². The molecule has 0 amide bonds. The van der Waals surface area contributed by atoms with Crippen molar-refractivity contribution in [1.29, 1.82) is 5.26 Å². The van der Waals surface area contributed by atoms with Crippen molar-refractivity contribution in [3.8, 4) is 6.07 Å². The number of likely N-dealkylation sites (tertiary alicyclic amines) is 1. The number of aromatic amines is 1. The Hall–Kier alpha value is -2.70. The summed E-state index contributed by atoms with van der Waals surface area (Å²) in [5.74, 6) is 2.17. The van der Waals surface area contributed by atoms with E-state index in [0.29, 0.717) is 18.4 Å². The Balaban J connectivity index is 1.47. The molecule has 4 rings (SSSR count). The molecule has 3 aromatic rings. The van der Waals surface area contributed by atoms with Gasteiger partial charge in [-0.05, 0) is 31.2 Å². The fourth-order valence-electron chi connectivity index (χ4n) is 3.31. The van der Waals surface area contributed by atoms with E-state index in [4.69, 9.17) is 10.2 Å². The molecule has 3 N–H and O–H groups in total. The number of aromatic nitrogens is 4. The van der Waals surface area contributed by atoms with Crippen LogP contribution in [0.15, 0.2) is 17.5 Å². The number of anilines is 3. The van der Waals surface area contributed by atoms with Crippen LogP contribution in [0.2, 0.25) is 0 Å². The lowest BCUT2D eigenvalue weighted by molar-refractivity contribution is 0.223. The van der Waals surface area contributed by atoms with E-state index >= 15 is 0 Å². The predicted octanol–water partition coefficient (Wildman–Crippen LogP) is 3.26. The number of H-pyrrole nitrogens is 1. The van der Waals surface area contributed by atoms with Crippen LogP contribution in [0.5, 0.6) is 0 Å². The maximum Gasteiger partial charge on any atom is 0.225 e. The molecule has 3 aromatic heterocycles. The van der Waals surface area contributed by atoms with Gasteiger partial charge in [0.15, 0.2) is 11.6 Å². The van der Waals surface area contributed by atoms with E-state index in [1.165, 1.54) is 0 Å². The molecule has 0 atom stereocenters. The molecule has 0 spiro atoms. The second-order valence-electron chi connectivity index (χ2n) is 6.76. The summed E-state index contributed by atoms with van der Waals surface area (Å²) in [5, 5.41) is 24.7. The Bertz CT molecular complexity index is 948. The van der Waals surface area contributed by atoms with E-state index in [1.54, 1.807) is 11.3 Å². The number of hydrogen-bond acceptors (Lipinski definition) is 8. The zero-order valence-corrected chi connectivity index (χ0v) is 16.0. The number of nitriles is 1. The smallest absolute Gasteiger partial charge is 0.225 e. The molecule has 1 saturated heterocycles. The number of nitrogens with one attached hydrogen (secondary N) is 3. The molecule has 1 fully saturated rings. The molecule has 0 radical (unpaired) electrons. The highest BCUT2D eigenvalue weighted by atomic mass is 32.1. The summed E-state index contributed by atoms with van der Waals surface area (Å²) < 4.78 is 1.02. The third-order valence-corrected chi connectivity index (χ3v) is 5.63. The molecule has 0 saturated carbocycles. The topological polar surface area (TPSA) is 106 Å². The van der Waals surface area contributed by atoms with Gasteiger partial charge < -0.3 is 15.5 Å². The third-order valence-electron chi connectivity index (χ3n) is 4.72.